The summed E-state index contributed by atoms with van der Waals surface area (Å²) in [5, 5.41) is 5.08. The minimum Gasteiger partial charge on any atom is -0.497 e. The lowest BCUT2D eigenvalue weighted by molar-refractivity contribution is -0.143. The molecule has 0 aliphatic heterocycles. The van der Waals surface area contributed by atoms with Crippen LogP contribution in [-0.2, 0) is 16.1 Å². The average molecular weight is 541 g/mol. The Labute approximate surface area is 215 Å². The number of carbonyl (C=O) groups excluding carboxylic acids is 2. The van der Waals surface area contributed by atoms with E-state index in [2.05, 4.69) is 21.2 Å². The normalized spacial score (nSPS) is 12.2. The van der Waals surface area contributed by atoms with Gasteiger partial charge in [0.05, 0.1) is 11.6 Å². The molecule has 0 aromatic heterocycles. The summed E-state index contributed by atoms with van der Waals surface area (Å²) in [7, 11) is 1.60. The molecule has 186 valence electrons. The zero-order chi connectivity index (χ0) is 25.6. The summed E-state index contributed by atoms with van der Waals surface area (Å²) < 4.78 is 12.1. The molecule has 0 heterocycles. The van der Waals surface area contributed by atoms with Gasteiger partial charge in [0.2, 0.25) is 5.91 Å². The van der Waals surface area contributed by atoms with E-state index in [1.165, 1.54) is 0 Å². The van der Waals surface area contributed by atoms with Crippen LogP contribution in [0.2, 0.25) is 0 Å². The van der Waals surface area contributed by atoms with E-state index in [1.807, 2.05) is 88.4 Å². The lowest BCUT2D eigenvalue weighted by atomic mass is 10.1. The Bertz CT molecular complexity index is 1190. The van der Waals surface area contributed by atoms with E-state index < -0.39 is 11.6 Å². The van der Waals surface area contributed by atoms with E-state index in [1.54, 1.807) is 12.0 Å². The van der Waals surface area contributed by atoms with Crippen molar-refractivity contribution in [3.63, 3.8) is 0 Å². The van der Waals surface area contributed by atoms with Crippen LogP contribution < -0.4 is 14.8 Å². The van der Waals surface area contributed by atoms with Crippen LogP contribution in [0.3, 0.4) is 0 Å². The lowest BCUT2D eigenvalue weighted by Gasteiger charge is -2.33. The number of hydrogen-bond acceptors (Lipinski definition) is 4. The molecule has 0 bridgehead atoms. The lowest BCUT2D eigenvalue weighted by Crippen LogP contribution is -2.54. The van der Waals surface area contributed by atoms with Crippen molar-refractivity contribution in [2.75, 3.05) is 13.7 Å². The fourth-order valence-corrected chi connectivity index (χ4v) is 4.50. The van der Waals surface area contributed by atoms with Gasteiger partial charge in [0.1, 0.15) is 17.5 Å². The molecule has 0 radical (unpaired) electrons. The molecule has 7 heteroatoms. The summed E-state index contributed by atoms with van der Waals surface area (Å²) in [6.45, 7) is 7.73. The number of carbonyl (C=O) groups is 2. The second kappa shape index (κ2) is 11.6. The second-order valence-corrected chi connectivity index (χ2v) is 10.2. The third-order valence-electron chi connectivity index (χ3n) is 5.55. The van der Waals surface area contributed by atoms with Crippen LogP contribution >= 0.6 is 15.9 Å². The first kappa shape index (κ1) is 26.5. The SMILES string of the molecule is CC[C@@H](C(=O)NC(C)(C)C)N(Cc1cccc(OC)c1)C(=O)COc1ccc2ccccc2c1Br. The number of amides is 2. The van der Waals surface area contributed by atoms with Crippen molar-refractivity contribution in [3.05, 3.63) is 70.7 Å². The molecule has 3 aromatic rings. The molecule has 35 heavy (non-hydrogen) atoms. The molecule has 1 N–H and O–H groups in total. The van der Waals surface area contributed by atoms with Crippen LogP contribution in [0.5, 0.6) is 11.5 Å². The van der Waals surface area contributed by atoms with E-state index in [-0.39, 0.29) is 25.0 Å². The number of rotatable bonds is 9. The van der Waals surface area contributed by atoms with E-state index in [9.17, 15) is 9.59 Å². The highest BCUT2D eigenvalue weighted by atomic mass is 79.9. The summed E-state index contributed by atoms with van der Waals surface area (Å²) in [5.74, 6) is 0.802. The molecule has 0 saturated carbocycles. The van der Waals surface area contributed by atoms with Crippen molar-refractivity contribution in [2.45, 2.75) is 52.2 Å². The number of nitrogens with zero attached hydrogens (tertiary/aromatic N) is 1. The van der Waals surface area contributed by atoms with Gasteiger partial charge in [-0.15, -0.1) is 0 Å². The van der Waals surface area contributed by atoms with Crippen LogP contribution in [0, 0.1) is 0 Å². The minimum absolute atomic E-state index is 0.192. The molecule has 0 unspecified atom stereocenters. The summed E-state index contributed by atoms with van der Waals surface area (Å²) in [6.07, 6.45) is 0.470. The zero-order valence-electron chi connectivity index (χ0n) is 20.9. The van der Waals surface area contributed by atoms with E-state index in [4.69, 9.17) is 9.47 Å². The van der Waals surface area contributed by atoms with Crippen LogP contribution in [-0.4, -0.2) is 42.0 Å². The van der Waals surface area contributed by atoms with Crippen molar-refractivity contribution in [1.29, 1.82) is 0 Å². The van der Waals surface area contributed by atoms with Crippen LogP contribution in [0.25, 0.3) is 10.8 Å². The third-order valence-corrected chi connectivity index (χ3v) is 6.37. The molecular formula is C28H33BrN2O4. The summed E-state index contributed by atoms with van der Waals surface area (Å²) in [4.78, 5) is 28.2. The highest BCUT2D eigenvalue weighted by Crippen LogP contribution is 2.33. The van der Waals surface area contributed by atoms with Crippen molar-refractivity contribution < 1.29 is 19.1 Å². The molecule has 3 aromatic carbocycles. The minimum atomic E-state index is -0.642. The summed E-state index contributed by atoms with van der Waals surface area (Å²) in [5.41, 5.74) is 0.452. The van der Waals surface area contributed by atoms with Gasteiger partial charge in [-0.2, -0.15) is 0 Å². The van der Waals surface area contributed by atoms with Gasteiger partial charge in [0, 0.05) is 12.1 Å². The van der Waals surface area contributed by atoms with Crippen LogP contribution in [0.4, 0.5) is 0 Å². The predicted octanol–water partition coefficient (Wildman–Crippen LogP) is 5.71. The molecule has 2 amide bonds. The Morgan fingerprint density at radius 1 is 1.06 bits per heavy atom. The number of benzene rings is 3. The largest absolute Gasteiger partial charge is 0.497 e. The maximum atomic E-state index is 13.5. The molecular weight excluding hydrogens is 508 g/mol. The molecule has 0 saturated heterocycles. The molecule has 3 rings (SSSR count). The Morgan fingerprint density at radius 2 is 1.80 bits per heavy atom. The van der Waals surface area contributed by atoms with Crippen LogP contribution in [0.1, 0.15) is 39.7 Å². The predicted molar refractivity (Wildman–Crippen MR) is 143 cm³/mol. The highest BCUT2D eigenvalue weighted by Gasteiger charge is 2.31. The molecule has 0 spiro atoms. The monoisotopic (exact) mass is 540 g/mol. The third kappa shape index (κ3) is 6.98. The molecule has 0 aliphatic carbocycles. The number of ether oxygens (including phenoxy) is 2. The average Bonchev–Trinajstić information content (AvgIpc) is 2.82. The first-order valence-corrected chi connectivity index (χ1v) is 12.5. The summed E-state index contributed by atoms with van der Waals surface area (Å²) >= 11 is 3.61. The van der Waals surface area contributed by atoms with Gasteiger partial charge in [0.25, 0.3) is 5.91 Å². The van der Waals surface area contributed by atoms with Crippen molar-refractivity contribution in [1.82, 2.24) is 10.2 Å². The molecule has 0 aliphatic rings. The maximum Gasteiger partial charge on any atom is 0.261 e. The second-order valence-electron chi connectivity index (χ2n) is 9.42. The van der Waals surface area contributed by atoms with Gasteiger partial charge in [-0.3, -0.25) is 9.59 Å². The van der Waals surface area contributed by atoms with Crippen molar-refractivity contribution >= 4 is 38.5 Å². The van der Waals surface area contributed by atoms with Gasteiger partial charge >= 0.3 is 0 Å². The molecule has 6 nitrogen and oxygen atoms in total. The van der Waals surface area contributed by atoms with Crippen molar-refractivity contribution in [3.8, 4) is 11.5 Å². The van der Waals surface area contributed by atoms with Gasteiger partial charge < -0.3 is 19.7 Å². The standard InChI is InChI=1S/C28H33BrN2O4/c1-6-23(27(33)30-28(2,3)4)31(17-19-10-9-12-21(16-19)34-5)25(32)18-35-24-15-14-20-11-7-8-13-22(20)26(24)29/h7-16,23H,6,17-18H2,1-5H3,(H,30,33)/t23-/m0/s1. The first-order chi connectivity index (χ1) is 16.6. The molecule has 1 atom stereocenters. The zero-order valence-corrected chi connectivity index (χ0v) is 22.5. The maximum absolute atomic E-state index is 13.5. The highest BCUT2D eigenvalue weighted by molar-refractivity contribution is 9.10. The van der Waals surface area contributed by atoms with Gasteiger partial charge in [-0.05, 0) is 77.7 Å². The topological polar surface area (TPSA) is 67.9 Å². The quantitative estimate of drug-likeness (QED) is 0.377. The van der Waals surface area contributed by atoms with E-state index in [0.717, 1.165) is 20.8 Å². The number of halogens is 1. The fourth-order valence-electron chi connectivity index (χ4n) is 3.89. The van der Waals surface area contributed by atoms with Gasteiger partial charge in [0.15, 0.2) is 6.61 Å². The Balaban J connectivity index is 1.86. The van der Waals surface area contributed by atoms with Gasteiger partial charge in [-0.25, -0.2) is 0 Å². The number of hydrogen-bond donors (Lipinski definition) is 1. The first-order valence-electron chi connectivity index (χ1n) is 11.7. The fraction of sp³-hybridized carbons (Fsp3) is 0.357. The summed E-state index contributed by atoms with van der Waals surface area (Å²) in [6, 6.07) is 18.6. The number of methoxy groups -OCH3 is 1. The number of fused-ring (bicyclic) bond motifs is 1. The van der Waals surface area contributed by atoms with Crippen LogP contribution in [0.15, 0.2) is 65.1 Å². The smallest absolute Gasteiger partial charge is 0.261 e. The Morgan fingerprint density at radius 3 is 2.49 bits per heavy atom. The van der Waals surface area contributed by atoms with Gasteiger partial charge in [-0.1, -0.05) is 49.4 Å². The van der Waals surface area contributed by atoms with Crippen molar-refractivity contribution in [2.24, 2.45) is 0 Å². The van der Waals surface area contributed by atoms with E-state index in [0.29, 0.717) is 17.9 Å². The Kier molecular flexibility index (Phi) is 8.78. The van der Waals surface area contributed by atoms with E-state index >= 15 is 0 Å². The molecule has 0 fully saturated rings. The number of nitrogens with one attached hydrogen (secondary N) is 1. The Hall–Kier alpha value is -3.06.